The lowest BCUT2D eigenvalue weighted by molar-refractivity contribution is 0.129. The molecule has 0 amide bonds. The van der Waals surface area contributed by atoms with Crippen molar-refractivity contribution < 1.29 is 4.74 Å². The van der Waals surface area contributed by atoms with E-state index in [2.05, 4.69) is 45.1 Å². The summed E-state index contributed by atoms with van der Waals surface area (Å²) in [6.45, 7) is 12.8. The predicted octanol–water partition coefficient (Wildman–Crippen LogP) is 4.34. The van der Waals surface area contributed by atoms with Crippen molar-refractivity contribution in [1.29, 1.82) is 0 Å². The highest BCUT2D eigenvalue weighted by molar-refractivity contribution is 7.12. The summed E-state index contributed by atoms with van der Waals surface area (Å²) in [6, 6.07) is 4.51. The predicted molar refractivity (Wildman–Crippen MR) is 85.1 cm³/mol. The molecule has 0 spiro atoms. The van der Waals surface area contributed by atoms with Gasteiger partial charge in [-0.1, -0.05) is 34.1 Å². The minimum absolute atomic E-state index is 0.274. The van der Waals surface area contributed by atoms with Gasteiger partial charge in [-0.15, -0.1) is 11.3 Å². The third kappa shape index (κ3) is 7.09. The van der Waals surface area contributed by atoms with E-state index in [1.807, 2.05) is 11.3 Å². The molecule has 0 bridgehead atoms. The highest BCUT2D eigenvalue weighted by Crippen LogP contribution is 2.29. The summed E-state index contributed by atoms with van der Waals surface area (Å²) in [5.74, 6) is 0. The van der Waals surface area contributed by atoms with Gasteiger partial charge in [-0.2, -0.15) is 0 Å². The van der Waals surface area contributed by atoms with Crippen molar-refractivity contribution in [3.05, 3.63) is 21.9 Å². The van der Waals surface area contributed by atoms with Gasteiger partial charge < -0.3 is 10.1 Å². The lowest BCUT2D eigenvalue weighted by Crippen LogP contribution is -2.15. The lowest BCUT2D eigenvalue weighted by atomic mass is 9.95. The van der Waals surface area contributed by atoms with E-state index < -0.39 is 0 Å². The maximum absolute atomic E-state index is 5.54. The zero-order valence-corrected chi connectivity index (χ0v) is 13.7. The Balaban J connectivity index is 2.08. The Hall–Kier alpha value is -0.380. The van der Waals surface area contributed by atoms with Crippen LogP contribution < -0.4 is 5.32 Å². The van der Waals surface area contributed by atoms with Crippen molar-refractivity contribution in [3.63, 3.8) is 0 Å². The summed E-state index contributed by atoms with van der Waals surface area (Å²) in [6.07, 6.45) is 3.49. The van der Waals surface area contributed by atoms with Crippen LogP contribution in [0.5, 0.6) is 0 Å². The second kappa shape index (κ2) is 8.72. The molecule has 1 heterocycles. The van der Waals surface area contributed by atoms with Crippen LogP contribution in [0.25, 0.3) is 0 Å². The number of unbranched alkanes of at least 4 members (excludes halogenated alkanes) is 1. The molecule has 0 aromatic carbocycles. The molecule has 1 aromatic heterocycles. The first-order valence-corrected chi connectivity index (χ1v) is 8.23. The van der Waals surface area contributed by atoms with Gasteiger partial charge in [0.25, 0.3) is 0 Å². The first-order valence-electron chi connectivity index (χ1n) is 7.41. The van der Waals surface area contributed by atoms with E-state index in [1.54, 1.807) is 0 Å². The molecule has 110 valence electrons. The molecule has 0 atom stereocenters. The topological polar surface area (TPSA) is 21.3 Å². The Morgan fingerprint density at radius 3 is 2.53 bits per heavy atom. The summed E-state index contributed by atoms with van der Waals surface area (Å²) in [7, 11) is 0. The molecule has 0 aliphatic carbocycles. The Morgan fingerprint density at radius 1 is 1.16 bits per heavy atom. The molecule has 1 aromatic rings. The zero-order chi connectivity index (χ0) is 14.1. The number of nitrogens with one attached hydrogen (secondary N) is 1. The van der Waals surface area contributed by atoms with Crippen LogP contribution in [-0.2, 0) is 16.7 Å². The lowest BCUT2D eigenvalue weighted by Gasteiger charge is -2.15. The molecule has 0 aliphatic heterocycles. The minimum Gasteiger partial charge on any atom is -0.381 e. The average Bonchev–Trinajstić information content (AvgIpc) is 2.81. The molecule has 0 saturated carbocycles. The maximum atomic E-state index is 5.54. The normalized spacial score (nSPS) is 12.0. The summed E-state index contributed by atoms with van der Waals surface area (Å²) >= 11 is 1.92. The van der Waals surface area contributed by atoms with Gasteiger partial charge >= 0.3 is 0 Å². The maximum Gasteiger partial charge on any atom is 0.0478 e. The van der Waals surface area contributed by atoms with Gasteiger partial charge in [0.1, 0.15) is 0 Å². The smallest absolute Gasteiger partial charge is 0.0478 e. The van der Waals surface area contributed by atoms with E-state index in [0.717, 1.165) is 32.7 Å². The van der Waals surface area contributed by atoms with E-state index in [9.17, 15) is 0 Å². The van der Waals surface area contributed by atoms with Crippen LogP contribution in [0.1, 0.15) is 56.7 Å². The van der Waals surface area contributed by atoms with Crippen LogP contribution in [0.3, 0.4) is 0 Å². The zero-order valence-electron chi connectivity index (χ0n) is 12.9. The average molecular weight is 283 g/mol. The number of rotatable bonds is 9. The standard InChI is InChI=1S/C16H29NOS/c1-5-6-11-18-12-7-10-17-13-14-8-9-15(19-14)16(2,3)4/h8-9,17H,5-7,10-13H2,1-4H3. The van der Waals surface area contributed by atoms with Crippen molar-refractivity contribution in [1.82, 2.24) is 5.32 Å². The molecule has 3 heteroatoms. The highest BCUT2D eigenvalue weighted by Gasteiger charge is 2.15. The summed E-state index contributed by atoms with van der Waals surface area (Å²) in [5, 5.41) is 3.49. The minimum atomic E-state index is 0.274. The van der Waals surface area contributed by atoms with Crippen LogP contribution in [0.15, 0.2) is 12.1 Å². The van der Waals surface area contributed by atoms with Gasteiger partial charge in [0.05, 0.1) is 0 Å². The fraction of sp³-hybridized carbons (Fsp3) is 0.750. The van der Waals surface area contributed by atoms with E-state index in [0.29, 0.717) is 0 Å². The molecule has 0 unspecified atom stereocenters. The van der Waals surface area contributed by atoms with Crippen LogP contribution in [0, 0.1) is 0 Å². The molecule has 0 aliphatic rings. The van der Waals surface area contributed by atoms with E-state index in [1.165, 1.54) is 22.6 Å². The van der Waals surface area contributed by atoms with Crippen LogP contribution >= 0.6 is 11.3 Å². The molecular weight excluding hydrogens is 254 g/mol. The Bertz CT molecular complexity index is 341. The van der Waals surface area contributed by atoms with Crippen molar-refractivity contribution in [3.8, 4) is 0 Å². The fourth-order valence-corrected chi connectivity index (χ4v) is 2.77. The quantitative estimate of drug-likeness (QED) is 0.681. The van der Waals surface area contributed by atoms with Crippen LogP contribution in [0.2, 0.25) is 0 Å². The van der Waals surface area contributed by atoms with Crippen LogP contribution in [0.4, 0.5) is 0 Å². The molecule has 2 nitrogen and oxygen atoms in total. The molecule has 1 N–H and O–H groups in total. The second-order valence-corrected chi connectivity index (χ2v) is 7.18. The Morgan fingerprint density at radius 2 is 1.89 bits per heavy atom. The third-order valence-corrected chi connectivity index (χ3v) is 4.50. The van der Waals surface area contributed by atoms with Gasteiger partial charge in [0.2, 0.25) is 0 Å². The molecule has 0 fully saturated rings. The number of ether oxygens (including phenoxy) is 1. The van der Waals surface area contributed by atoms with Crippen molar-refractivity contribution in [2.45, 2.75) is 58.9 Å². The largest absolute Gasteiger partial charge is 0.381 e. The first-order chi connectivity index (χ1) is 9.04. The molecule has 0 saturated heterocycles. The fourth-order valence-electron chi connectivity index (χ4n) is 1.74. The molecule has 0 radical (unpaired) electrons. The summed E-state index contributed by atoms with van der Waals surface area (Å²) in [4.78, 5) is 2.89. The van der Waals surface area contributed by atoms with Crippen molar-refractivity contribution >= 4 is 11.3 Å². The SMILES string of the molecule is CCCCOCCCNCc1ccc(C(C)(C)C)s1. The highest BCUT2D eigenvalue weighted by atomic mass is 32.1. The molecule has 1 rings (SSSR count). The van der Waals surface area contributed by atoms with E-state index >= 15 is 0 Å². The summed E-state index contributed by atoms with van der Waals surface area (Å²) in [5.41, 5.74) is 0.274. The number of hydrogen-bond donors (Lipinski definition) is 1. The third-order valence-electron chi connectivity index (χ3n) is 2.98. The van der Waals surface area contributed by atoms with Crippen LogP contribution in [-0.4, -0.2) is 19.8 Å². The van der Waals surface area contributed by atoms with E-state index in [4.69, 9.17) is 4.74 Å². The first kappa shape index (κ1) is 16.7. The van der Waals surface area contributed by atoms with Gasteiger partial charge in [-0.3, -0.25) is 0 Å². The molecule has 19 heavy (non-hydrogen) atoms. The van der Waals surface area contributed by atoms with Gasteiger partial charge in [-0.25, -0.2) is 0 Å². The van der Waals surface area contributed by atoms with Gasteiger partial charge in [0.15, 0.2) is 0 Å². The summed E-state index contributed by atoms with van der Waals surface area (Å²) < 4.78 is 5.54. The monoisotopic (exact) mass is 283 g/mol. The van der Waals surface area contributed by atoms with E-state index in [-0.39, 0.29) is 5.41 Å². The number of thiophene rings is 1. The Labute approximate surface area is 122 Å². The number of hydrogen-bond acceptors (Lipinski definition) is 3. The molecular formula is C16H29NOS. The van der Waals surface area contributed by atoms with Gasteiger partial charge in [0, 0.05) is 29.5 Å². The second-order valence-electron chi connectivity index (χ2n) is 6.01. The van der Waals surface area contributed by atoms with Crippen molar-refractivity contribution in [2.75, 3.05) is 19.8 Å². The van der Waals surface area contributed by atoms with Crippen molar-refractivity contribution in [2.24, 2.45) is 0 Å². The Kier molecular flexibility index (Phi) is 7.66. The van der Waals surface area contributed by atoms with Gasteiger partial charge in [-0.05, 0) is 36.9 Å².